The van der Waals surface area contributed by atoms with E-state index in [0.717, 1.165) is 17.1 Å². The topological polar surface area (TPSA) is 3.24 Å². The van der Waals surface area contributed by atoms with Crippen molar-refractivity contribution in [1.29, 1.82) is 0 Å². The van der Waals surface area contributed by atoms with Gasteiger partial charge in [0.25, 0.3) is 0 Å². The molecule has 0 aromatic heterocycles. The van der Waals surface area contributed by atoms with E-state index < -0.39 is 5.41 Å². The Bertz CT molecular complexity index is 2710. The molecule has 0 aliphatic heterocycles. The van der Waals surface area contributed by atoms with E-state index in [-0.39, 0.29) is 0 Å². The molecule has 1 aliphatic carbocycles. The molecule has 1 aliphatic rings. The molecule has 10 rings (SSSR count). The molecular formula is C53H37N. The minimum Gasteiger partial charge on any atom is -0.309 e. The molecule has 0 atom stereocenters. The molecule has 0 N–H and O–H groups in total. The number of anilines is 3. The Morgan fingerprint density at radius 3 is 1.50 bits per heavy atom. The third-order valence-corrected chi connectivity index (χ3v) is 11.1. The quantitative estimate of drug-likeness (QED) is 0.161. The van der Waals surface area contributed by atoms with E-state index in [9.17, 15) is 0 Å². The SMILES string of the molecule is c1ccc(-c2ccc3cc(-c4ccccc4N(c4ccccc4)c4cccc5c4-c4ccccc4C5(c4ccccc4)c4ccccc4)ccc3c2)cc1. The van der Waals surface area contributed by atoms with Gasteiger partial charge in [-0.1, -0.05) is 188 Å². The lowest BCUT2D eigenvalue weighted by atomic mass is 9.68. The Kier molecular flexibility index (Phi) is 7.78. The second-order valence-corrected chi connectivity index (χ2v) is 14.1. The zero-order chi connectivity index (χ0) is 35.9. The Balaban J connectivity index is 1.20. The predicted octanol–water partition coefficient (Wildman–Crippen LogP) is 14.0. The van der Waals surface area contributed by atoms with Crippen molar-refractivity contribution in [2.45, 2.75) is 5.41 Å². The van der Waals surface area contributed by atoms with E-state index in [1.54, 1.807) is 0 Å². The van der Waals surface area contributed by atoms with Gasteiger partial charge in [0.2, 0.25) is 0 Å². The third kappa shape index (κ3) is 5.09. The second kappa shape index (κ2) is 13.2. The van der Waals surface area contributed by atoms with E-state index in [4.69, 9.17) is 0 Å². The number of hydrogen-bond donors (Lipinski definition) is 0. The van der Waals surface area contributed by atoms with Crippen LogP contribution < -0.4 is 4.90 Å². The van der Waals surface area contributed by atoms with Gasteiger partial charge >= 0.3 is 0 Å². The van der Waals surface area contributed by atoms with Crippen molar-refractivity contribution in [2.75, 3.05) is 4.90 Å². The molecule has 0 heterocycles. The van der Waals surface area contributed by atoms with Crippen molar-refractivity contribution in [1.82, 2.24) is 0 Å². The Hall–Kier alpha value is -6.96. The lowest BCUT2D eigenvalue weighted by Gasteiger charge is -2.34. The molecule has 1 nitrogen and oxygen atoms in total. The molecule has 9 aromatic carbocycles. The molecule has 0 bridgehead atoms. The van der Waals surface area contributed by atoms with Crippen LogP contribution in [0.1, 0.15) is 22.3 Å². The highest BCUT2D eigenvalue weighted by molar-refractivity contribution is 6.00. The van der Waals surface area contributed by atoms with E-state index in [1.165, 1.54) is 66.4 Å². The second-order valence-electron chi connectivity index (χ2n) is 14.1. The first-order chi connectivity index (χ1) is 26.8. The Morgan fingerprint density at radius 1 is 0.315 bits per heavy atom. The summed E-state index contributed by atoms with van der Waals surface area (Å²) >= 11 is 0. The predicted molar refractivity (Wildman–Crippen MR) is 227 cm³/mol. The highest BCUT2D eigenvalue weighted by Gasteiger charge is 2.47. The van der Waals surface area contributed by atoms with Gasteiger partial charge in [-0.2, -0.15) is 0 Å². The summed E-state index contributed by atoms with van der Waals surface area (Å²) in [4.78, 5) is 2.47. The van der Waals surface area contributed by atoms with Gasteiger partial charge in [0, 0.05) is 16.8 Å². The highest BCUT2D eigenvalue weighted by atomic mass is 15.1. The van der Waals surface area contributed by atoms with Gasteiger partial charge in [-0.25, -0.2) is 0 Å². The van der Waals surface area contributed by atoms with Crippen molar-refractivity contribution in [2.24, 2.45) is 0 Å². The van der Waals surface area contributed by atoms with Crippen LogP contribution in [0.3, 0.4) is 0 Å². The fourth-order valence-electron chi connectivity index (χ4n) is 8.78. The average molecular weight is 688 g/mol. The van der Waals surface area contributed by atoms with E-state index in [2.05, 4.69) is 229 Å². The lowest BCUT2D eigenvalue weighted by molar-refractivity contribution is 0.768. The molecule has 0 fully saturated rings. The van der Waals surface area contributed by atoms with Crippen LogP contribution in [0.5, 0.6) is 0 Å². The van der Waals surface area contributed by atoms with Crippen molar-refractivity contribution in [3.05, 3.63) is 247 Å². The van der Waals surface area contributed by atoms with Crippen LogP contribution >= 0.6 is 0 Å². The number of para-hydroxylation sites is 2. The zero-order valence-corrected chi connectivity index (χ0v) is 29.8. The Labute approximate surface area is 317 Å². The maximum absolute atomic E-state index is 2.47. The van der Waals surface area contributed by atoms with Crippen LogP contribution in [-0.2, 0) is 5.41 Å². The Morgan fingerprint density at radius 2 is 0.815 bits per heavy atom. The largest absolute Gasteiger partial charge is 0.309 e. The molecule has 0 unspecified atom stereocenters. The number of hydrogen-bond acceptors (Lipinski definition) is 1. The van der Waals surface area contributed by atoms with Gasteiger partial charge in [0.1, 0.15) is 0 Å². The summed E-state index contributed by atoms with van der Waals surface area (Å²) in [5, 5.41) is 2.45. The molecule has 0 spiro atoms. The minimum atomic E-state index is -0.483. The van der Waals surface area contributed by atoms with Gasteiger partial charge in [-0.05, 0) is 91.7 Å². The monoisotopic (exact) mass is 687 g/mol. The van der Waals surface area contributed by atoms with Crippen LogP contribution in [0, 0.1) is 0 Å². The van der Waals surface area contributed by atoms with Crippen molar-refractivity contribution in [3.8, 4) is 33.4 Å². The molecule has 0 saturated heterocycles. The molecule has 1 heteroatoms. The minimum absolute atomic E-state index is 0.483. The van der Waals surface area contributed by atoms with Gasteiger partial charge in [-0.15, -0.1) is 0 Å². The van der Waals surface area contributed by atoms with Crippen LogP contribution in [0.4, 0.5) is 17.1 Å². The third-order valence-electron chi connectivity index (χ3n) is 11.1. The van der Waals surface area contributed by atoms with E-state index in [0.29, 0.717) is 0 Å². The number of rotatable bonds is 7. The van der Waals surface area contributed by atoms with Gasteiger partial charge in [0.05, 0.1) is 16.8 Å². The zero-order valence-electron chi connectivity index (χ0n) is 29.8. The van der Waals surface area contributed by atoms with Crippen molar-refractivity contribution >= 4 is 27.8 Å². The fraction of sp³-hybridized carbons (Fsp3) is 0.0189. The number of nitrogens with zero attached hydrogens (tertiary/aromatic N) is 1. The maximum Gasteiger partial charge on any atom is 0.0714 e. The van der Waals surface area contributed by atoms with E-state index in [1.807, 2.05) is 0 Å². The van der Waals surface area contributed by atoms with Crippen molar-refractivity contribution in [3.63, 3.8) is 0 Å². The van der Waals surface area contributed by atoms with Crippen LogP contribution in [0.2, 0.25) is 0 Å². The number of benzene rings is 9. The van der Waals surface area contributed by atoms with Gasteiger partial charge in [-0.3, -0.25) is 0 Å². The standard InChI is InChI=1S/C53H37N/c1-5-18-38(19-6-1)39-32-33-41-37-42(35-34-40(41)36-39)46-26-14-16-30-50(46)54(45-24-11-4-12-25-45)51-31-17-29-49-52(51)47-27-13-15-28-48(47)53(49,43-20-7-2-8-21-43)44-22-9-3-10-23-44/h1-37H. The van der Waals surface area contributed by atoms with Crippen molar-refractivity contribution < 1.29 is 0 Å². The molecule has 9 aromatic rings. The molecule has 0 radical (unpaired) electrons. The summed E-state index contributed by atoms with van der Waals surface area (Å²) in [6.45, 7) is 0. The van der Waals surface area contributed by atoms with Gasteiger partial charge in [0.15, 0.2) is 0 Å². The van der Waals surface area contributed by atoms with E-state index >= 15 is 0 Å². The maximum atomic E-state index is 2.47. The van der Waals surface area contributed by atoms with Gasteiger partial charge < -0.3 is 4.90 Å². The summed E-state index contributed by atoms with van der Waals surface area (Å²) in [5.74, 6) is 0. The fourth-order valence-corrected chi connectivity index (χ4v) is 8.78. The lowest BCUT2D eigenvalue weighted by Crippen LogP contribution is -2.28. The molecule has 0 saturated carbocycles. The first-order valence-corrected chi connectivity index (χ1v) is 18.7. The summed E-state index contributed by atoms with van der Waals surface area (Å²) in [7, 11) is 0. The first-order valence-electron chi connectivity index (χ1n) is 18.7. The van der Waals surface area contributed by atoms with Crippen LogP contribution in [0.25, 0.3) is 44.2 Å². The smallest absolute Gasteiger partial charge is 0.0714 e. The highest BCUT2D eigenvalue weighted by Crippen LogP contribution is 2.59. The summed E-state index contributed by atoms with van der Waals surface area (Å²) in [6.07, 6.45) is 0. The van der Waals surface area contributed by atoms with Crippen LogP contribution in [0.15, 0.2) is 224 Å². The molecule has 54 heavy (non-hydrogen) atoms. The first kappa shape index (κ1) is 31.7. The summed E-state index contributed by atoms with van der Waals surface area (Å²) in [6, 6.07) is 82.0. The average Bonchev–Trinajstić information content (AvgIpc) is 3.57. The number of fused-ring (bicyclic) bond motifs is 4. The molecule has 254 valence electrons. The normalized spacial score (nSPS) is 12.6. The summed E-state index contributed by atoms with van der Waals surface area (Å²) < 4.78 is 0. The van der Waals surface area contributed by atoms with Crippen LogP contribution in [-0.4, -0.2) is 0 Å². The summed E-state index contributed by atoms with van der Waals surface area (Å²) in [5.41, 5.74) is 15.4. The molecule has 0 amide bonds. The molecular weight excluding hydrogens is 651 g/mol.